The second-order valence-electron chi connectivity index (χ2n) is 3.00. The van der Waals surface area contributed by atoms with Crippen molar-refractivity contribution in [3.63, 3.8) is 0 Å². The molecule has 1 aromatic rings. The van der Waals surface area contributed by atoms with Gasteiger partial charge in [0.15, 0.2) is 0 Å². The molecule has 1 unspecified atom stereocenters. The summed E-state index contributed by atoms with van der Waals surface area (Å²) >= 11 is 3.39. The van der Waals surface area contributed by atoms with Crippen LogP contribution in [0, 0.1) is 0 Å². The van der Waals surface area contributed by atoms with Gasteiger partial charge in [-0.15, -0.1) is 0 Å². The molecule has 13 heavy (non-hydrogen) atoms. The number of nitrogens with zero attached hydrogens (tertiary/aromatic N) is 1. The first kappa shape index (κ1) is 9.12. The van der Waals surface area contributed by atoms with Gasteiger partial charge in [-0.3, -0.25) is 4.98 Å². The SMILES string of the molecule is Brc1cncc(C2CNCCO2)c1. The van der Waals surface area contributed by atoms with E-state index >= 15 is 0 Å². The van der Waals surface area contributed by atoms with E-state index in [0.29, 0.717) is 0 Å². The zero-order chi connectivity index (χ0) is 9.10. The van der Waals surface area contributed by atoms with Gasteiger partial charge in [-0.25, -0.2) is 0 Å². The normalized spacial score (nSPS) is 23.0. The molecule has 1 aliphatic rings. The van der Waals surface area contributed by atoms with Crippen molar-refractivity contribution >= 4 is 15.9 Å². The lowest BCUT2D eigenvalue weighted by Crippen LogP contribution is -2.33. The summed E-state index contributed by atoms with van der Waals surface area (Å²) in [4.78, 5) is 4.10. The fraction of sp³-hybridized carbons (Fsp3) is 0.444. The molecule has 0 saturated carbocycles. The molecule has 1 N–H and O–H groups in total. The lowest BCUT2D eigenvalue weighted by atomic mass is 10.1. The molecule has 1 aliphatic heterocycles. The minimum absolute atomic E-state index is 0.152. The molecule has 1 saturated heterocycles. The Bertz CT molecular complexity index is 287. The van der Waals surface area contributed by atoms with Gasteiger partial charge in [0.05, 0.1) is 12.7 Å². The standard InChI is InChI=1S/C9H11BrN2O/c10-8-3-7(4-12-5-8)9-6-11-1-2-13-9/h3-5,9,11H,1-2,6H2. The van der Waals surface area contributed by atoms with Crippen LogP contribution in [0.4, 0.5) is 0 Å². The minimum atomic E-state index is 0.152. The van der Waals surface area contributed by atoms with Gasteiger partial charge in [0.2, 0.25) is 0 Å². The van der Waals surface area contributed by atoms with Crippen molar-refractivity contribution in [3.05, 3.63) is 28.5 Å². The summed E-state index contributed by atoms with van der Waals surface area (Å²) in [7, 11) is 0. The van der Waals surface area contributed by atoms with E-state index in [4.69, 9.17) is 4.74 Å². The Hall–Kier alpha value is -0.450. The Labute approximate surface area is 85.6 Å². The summed E-state index contributed by atoms with van der Waals surface area (Å²) in [5.74, 6) is 0. The van der Waals surface area contributed by atoms with Crippen LogP contribution < -0.4 is 5.32 Å². The number of hydrogen-bond acceptors (Lipinski definition) is 3. The van der Waals surface area contributed by atoms with Crippen molar-refractivity contribution in [2.75, 3.05) is 19.7 Å². The third-order valence-electron chi connectivity index (χ3n) is 2.03. The molecule has 70 valence electrons. The fourth-order valence-corrected chi connectivity index (χ4v) is 1.77. The average molecular weight is 243 g/mol. The fourth-order valence-electron chi connectivity index (χ4n) is 1.38. The smallest absolute Gasteiger partial charge is 0.0965 e. The Morgan fingerprint density at radius 1 is 1.54 bits per heavy atom. The van der Waals surface area contributed by atoms with Gasteiger partial charge in [0.1, 0.15) is 0 Å². The second kappa shape index (κ2) is 4.17. The van der Waals surface area contributed by atoms with E-state index in [2.05, 4.69) is 26.2 Å². The molecular weight excluding hydrogens is 232 g/mol. The highest BCUT2D eigenvalue weighted by molar-refractivity contribution is 9.10. The zero-order valence-electron chi connectivity index (χ0n) is 7.16. The highest BCUT2D eigenvalue weighted by Crippen LogP contribution is 2.20. The predicted octanol–water partition coefficient (Wildman–Crippen LogP) is 1.50. The van der Waals surface area contributed by atoms with Crippen molar-refractivity contribution in [1.29, 1.82) is 0 Å². The van der Waals surface area contributed by atoms with Crippen molar-refractivity contribution < 1.29 is 4.74 Å². The summed E-state index contributed by atoms with van der Waals surface area (Å²) in [6.07, 6.45) is 3.78. The van der Waals surface area contributed by atoms with Crippen LogP contribution in [0.2, 0.25) is 0 Å². The largest absolute Gasteiger partial charge is 0.371 e. The number of rotatable bonds is 1. The van der Waals surface area contributed by atoms with Gasteiger partial charge >= 0.3 is 0 Å². The van der Waals surface area contributed by atoms with E-state index in [1.54, 1.807) is 6.20 Å². The Morgan fingerprint density at radius 3 is 3.15 bits per heavy atom. The maximum absolute atomic E-state index is 5.60. The first-order valence-electron chi connectivity index (χ1n) is 4.29. The van der Waals surface area contributed by atoms with Crippen molar-refractivity contribution in [3.8, 4) is 0 Å². The van der Waals surface area contributed by atoms with Crippen LogP contribution in [0.15, 0.2) is 22.9 Å². The number of ether oxygens (including phenoxy) is 1. The first-order chi connectivity index (χ1) is 6.36. The quantitative estimate of drug-likeness (QED) is 0.811. The highest BCUT2D eigenvalue weighted by Gasteiger charge is 2.15. The van der Waals surface area contributed by atoms with Crippen LogP contribution in [-0.2, 0) is 4.74 Å². The predicted molar refractivity (Wildman–Crippen MR) is 53.5 cm³/mol. The molecule has 0 spiro atoms. The summed E-state index contributed by atoms with van der Waals surface area (Å²) in [6, 6.07) is 2.05. The van der Waals surface area contributed by atoms with Crippen molar-refractivity contribution in [2.45, 2.75) is 6.10 Å². The third-order valence-corrected chi connectivity index (χ3v) is 2.46. The van der Waals surface area contributed by atoms with Crippen LogP contribution in [0.1, 0.15) is 11.7 Å². The Kier molecular flexibility index (Phi) is 2.93. The summed E-state index contributed by atoms with van der Waals surface area (Å²) in [5, 5.41) is 3.28. The number of aromatic nitrogens is 1. The summed E-state index contributed by atoms with van der Waals surface area (Å²) in [6.45, 7) is 2.59. The molecule has 0 aliphatic carbocycles. The van der Waals surface area contributed by atoms with Crippen molar-refractivity contribution in [2.24, 2.45) is 0 Å². The molecule has 0 amide bonds. The van der Waals surface area contributed by atoms with Crippen LogP contribution >= 0.6 is 15.9 Å². The van der Waals surface area contributed by atoms with E-state index < -0.39 is 0 Å². The number of hydrogen-bond donors (Lipinski definition) is 1. The molecular formula is C9H11BrN2O. The number of pyridine rings is 1. The monoisotopic (exact) mass is 242 g/mol. The zero-order valence-corrected chi connectivity index (χ0v) is 8.75. The third kappa shape index (κ3) is 2.27. The summed E-state index contributed by atoms with van der Waals surface area (Å²) < 4.78 is 6.59. The van der Waals surface area contributed by atoms with Crippen LogP contribution in [0.3, 0.4) is 0 Å². The van der Waals surface area contributed by atoms with Gasteiger partial charge in [0, 0.05) is 35.5 Å². The van der Waals surface area contributed by atoms with Crippen LogP contribution in [-0.4, -0.2) is 24.7 Å². The van der Waals surface area contributed by atoms with Gasteiger partial charge < -0.3 is 10.1 Å². The van der Waals surface area contributed by atoms with Gasteiger partial charge in [-0.1, -0.05) is 0 Å². The Morgan fingerprint density at radius 2 is 2.46 bits per heavy atom. The van der Waals surface area contributed by atoms with Gasteiger partial charge in [0.25, 0.3) is 0 Å². The molecule has 0 radical (unpaired) electrons. The van der Waals surface area contributed by atoms with Crippen LogP contribution in [0.25, 0.3) is 0 Å². The second-order valence-corrected chi connectivity index (χ2v) is 3.92. The molecule has 0 bridgehead atoms. The maximum Gasteiger partial charge on any atom is 0.0965 e. The van der Waals surface area contributed by atoms with E-state index in [-0.39, 0.29) is 6.10 Å². The minimum Gasteiger partial charge on any atom is -0.371 e. The number of nitrogens with one attached hydrogen (secondary N) is 1. The highest BCUT2D eigenvalue weighted by atomic mass is 79.9. The van der Waals surface area contributed by atoms with E-state index in [1.807, 2.05) is 12.3 Å². The maximum atomic E-state index is 5.60. The molecule has 1 aromatic heterocycles. The number of halogens is 1. The van der Waals surface area contributed by atoms with E-state index in [0.717, 1.165) is 29.7 Å². The number of morpholine rings is 1. The molecule has 4 heteroatoms. The van der Waals surface area contributed by atoms with Gasteiger partial charge in [-0.2, -0.15) is 0 Å². The van der Waals surface area contributed by atoms with E-state index in [9.17, 15) is 0 Å². The molecule has 2 heterocycles. The molecule has 1 fully saturated rings. The first-order valence-corrected chi connectivity index (χ1v) is 5.08. The molecule has 0 aromatic carbocycles. The van der Waals surface area contributed by atoms with Crippen molar-refractivity contribution in [1.82, 2.24) is 10.3 Å². The van der Waals surface area contributed by atoms with Crippen LogP contribution in [0.5, 0.6) is 0 Å². The lowest BCUT2D eigenvalue weighted by Gasteiger charge is -2.23. The molecule has 2 rings (SSSR count). The molecule has 1 atom stereocenters. The lowest BCUT2D eigenvalue weighted by molar-refractivity contribution is 0.0274. The topological polar surface area (TPSA) is 34.2 Å². The van der Waals surface area contributed by atoms with E-state index in [1.165, 1.54) is 0 Å². The van der Waals surface area contributed by atoms with Gasteiger partial charge in [-0.05, 0) is 22.0 Å². The Balaban J connectivity index is 2.14. The molecule has 3 nitrogen and oxygen atoms in total. The average Bonchev–Trinajstić information content (AvgIpc) is 2.19. The summed E-state index contributed by atoms with van der Waals surface area (Å²) in [5.41, 5.74) is 1.13.